The van der Waals surface area contributed by atoms with Crippen LogP contribution in [0.1, 0.15) is 15.9 Å². The first-order chi connectivity index (χ1) is 8.31. The van der Waals surface area contributed by atoms with Crippen LogP contribution < -0.4 is 4.74 Å². The van der Waals surface area contributed by atoms with Crippen LogP contribution in [-0.4, -0.2) is 11.3 Å². The fourth-order valence-corrected chi connectivity index (χ4v) is 1.91. The second-order valence-electron chi connectivity index (χ2n) is 3.43. The number of ether oxygens (including phenoxy) is 1. The fraction of sp³-hybridized carbons (Fsp3) is 0.0769. The number of aromatic nitrogens is 1. The quantitative estimate of drug-likeness (QED) is 0.812. The molecule has 3 nitrogen and oxygen atoms in total. The zero-order valence-electron chi connectivity index (χ0n) is 8.97. The minimum Gasteiger partial charge on any atom is -0.487 e. The standard InChI is InChI=1S/C13H10BrNO2/c14-12-5-1-4-11(8-16)13(12)17-9-10-3-2-6-15-7-10/h1-8H,9H2. The highest BCUT2D eigenvalue weighted by Crippen LogP contribution is 2.28. The molecule has 0 aliphatic carbocycles. The SMILES string of the molecule is O=Cc1cccc(Br)c1OCc1cccnc1. The number of rotatable bonds is 4. The zero-order valence-corrected chi connectivity index (χ0v) is 10.6. The van der Waals surface area contributed by atoms with E-state index in [2.05, 4.69) is 20.9 Å². The largest absolute Gasteiger partial charge is 0.487 e. The van der Waals surface area contributed by atoms with Gasteiger partial charge in [0, 0.05) is 18.0 Å². The van der Waals surface area contributed by atoms with E-state index in [9.17, 15) is 4.79 Å². The second kappa shape index (κ2) is 5.59. The predicted molar refractivity (Wildman–Crippen MR) is 68.1 cm³/mol. The molecule has 2 aromatic rings. The van der Waals surface area contributed by atoms with Gasteiger partial charge in [0.15, 0.2) is 6.29 Å². The summed E-state index contributed by atoms with van der Waals surface area (Å²) in [4.78, 5) is 14.9. The molecular weight excluding hydrogens is 282 g/mol. The van der Waals surface area contributed by atoms with E-state index in [1.165, 1.54) is 0 Å². The molecule has 0 unspecified atom stereocenters. The number of halogens is 1. The Balaban J connectivity index is 2.16. The third-order valence-corrected chi connectivity index (χ3v) is 2.85. The van der Waals surface area contributed by atoms with Crippen LogP contribution in [0.2, 0.25) is 0 Å². The van der Waals surface area contributed by atoms with Gasteiger partial charge in [-0.3, -0.25) is 9.78 Å². The first-order valence-corrected chi connectivity index (χ1v) is 5.86. The molecule has 0 amide bonds. The van der Waals surface area contributed by atoms with E-state index in [4.69, 9.17) is 4.74 Å². The minimum atomic E-state index is 0.386. The lowest BCUT2D eigenvalue weighted by atomic mass is 10.2. The fourth-order valence-electron chi connectivity index (χ4n) is 1.41. The van der Waals surface area contributed by atoms with E-state index < -0.39 is 0 Å². The van der Waals surface area contributed by atoms with Crippen molar-refractivity contribution in [1.29, 1.82) is 0 Å². The maximum absolute atomic E-state index is 10.9. The Hall–Kier alpha value is -1.68. The summed E-state index contributed by atoms with van der Waals surface area (Å²) in [6.45, 7) is 0.386. The van der Waals surface area contributed by atoms with Crippen molar-refractivity contribution in [1.82, 2.24) is 4.98 Å². The number of nitrogens with zero attached hydrogens (tertiary/aromatic N) is 1. The number of hydrogen-bond donors (Lipinski definition) is 0. The summed E-state index contributed by atoms with van der Waals surface area (Å²) in [5.74, 6) is 0.561. The monoisotopic (exact) mass is 291 g/mol. The molecule has 0 saturated carbocycles. The van der Waals surface area contributed by atoms with Crippen molar-refractivity contribution < 1.29 is 9.53 Å². The van der Waals surface area contributed by atoms with Crippen molar-refractivity contribution >= 4 is 22.2 Å². The lowest BCUT2D eigenvalue weighted by Crippen LogP contribution is -1.99. The van der Waals surface area contributed by atoms with E-state index in [0.717, 1.165) is 16.3 Å². The van der Waals surface area contributed by atoms with Crippen molar-refractivity contribution in [3.63, 3.8) is 0 Å². The normalized spacial score (nSPS) is 9.94. The maximum Gasteiger partial charge on any atom is 0.153 e. The molecule has 4 heteroatoms. The van der Waals surface area contributed by atoms with Crippen LogP contribution >= 0.6 is 15.9 Å². The molecule has 0 aliphatic rings. The van der Waals surface area contributed by atoms with Gasteiger partial charge in [0.05, 0.1) is 10.0 Å². The highest BCUT2D eigenvalue weighted by atomic mass is 79.9. The zero-order chi connectivity index (χ0) is 12.1. The van der Waals surface area contributed by atoms with E-state index in [0.29, 0.717) is 17.9 Å². The van der Waals surface area contributed by atoms with Gasteiger partial charge in [-0.15, -0.1) is 0 Å². The van der Waals surface area contributed by atoms with Crippen molar-refractivity contribution in [2.75, 3.05) is 0 Å². The molecule has 0 radical (unpaired) electrons. The number of hydrogen-bond acceptors (Lipinski definition) is 3. The Kier molecular flexibility index (Phi) is 3.88. The van der Waals surface area contributed by atoms with Crippen molar-refractivity contribution in [3.8, 4) is 5.75 Å². The molecule has 86 valence electrons. The van der Waals surface area contributed by atoms with E-state index >= 15 is 0 Å². The van der Waals surface area contributed by atoms with Crippen LogP contribution in [0.5, 0.6) is 5.75 Å². The Labute approximate surface area is 108 Å². The number of carbonyl (C=O) groups excluding carboxylic acids is 1. The van der Waals surface area contributed by atoms with Crippen LogP contribution in [0, 0.1) is 0 Å². The lowest BCUT2D eigenvalue weighted by Gasteiger charge is -2.09. The first-order valence-electron chi connectivity index (χ1n) is 5.06. The first kappa shape index (κ1) is 11.8. The third kappa shape index (κ3) is 2.91. The third-order valence-electron chi connectivity index (χ3n) is 2.23. The van der Waals surface area contributed by atoms with E-state index in [1.807, 2.05) is 18.2 Å². The smallest absolute Gasteiger partial charge is 0.153 e. The van der Waals surface area contributed by atoms with Gasteiger partial charge in [-0.1, -0.05) is 12.1 Å². The number of carbonyl (C=O) groups is 1. The Morgan fingerprint density at radius 3 is 2.88 bits per heavy atom. The average Bonchev–Trinajstić information content (AvgIpc) is 2.38. The van der Waals surface area contributed by atoms with Crippen LogP contribution in [0.15, 0.2) is 47.2 Å². The van der Waals surface area contributed by atoms with Gasteiger partial charge in [0.1, 0.15) is 12.4 Å². The minimum absolute atomic E-state index is 0.386. The summed E-state index contributed by atoms with van der Waals surface area (Å²) >= 11 is 3.36. The highest BCUT2D eigenvalue weighted by Gasteiger charge is 2.07. The van der Waals surface area contributed by atoms with Crippen LogP contribution in [0.4, 0.5) is 0 Å². The van der Waals surface area contributed by atoms with Gasteiger partial charge < -0.3 is 4.74 Å². The van der Waals surface area contributed by atoms with Crippen LogP contribution in [-0.2, 0) is 6.61 Å². The molecule has 0 bridgehead atoms. The van der Waals surface area contributed by atoms with E-state index in [1.54, 1.807) is 24.5 Å². The summed E-state index contributed by atoms with van der Waals surface area (Å²) in [6, 6.07) is 9.12. The van der Waals surface area contributed by atoms with Gasteiger partial charge in [-0.2, -0.15) is 0 Å². The maximum atomic E-state index is 10.9. The molecule has 1 aromatic carbocycles. The summed E-state index contributed by atoms with van der Waals surface area (Å²) in [5, 5.41) is 0. The van der Waals surface area contributed by atoms with Gasteiger partial charge in [-0.05, 0) is 34.1 Å². The van der Waals surface area contributed by atoms with Gasteiger partial charge >= 0.3 is 0 Å². The molecule has 0 spiro atoms. The summed E-state index contributed by atoms with van der Waals surface area (Å²) in [5.41, 5.74) is 1.49. The number of benzene rings is 1. The molecule has 0 fully saturated rings. The molecule has 0 aliphatic heterocycles. The molecule has 2 rings (SSSR count). The summed E-state index contributed by atoms with van der Waals surface area (Å²) < 4.78 is 6.40. The van der Waals surface area contributed by atoms with Crippen LogP contribution in [0.3, 0.4) is 0 Å². The Morgan fingerprint density at radius 1 is 1.29 bits per heavy atom. The molecule has 0 atom stereocenters. The second-order valence-corrected chi connectivity index (χ2v) is 4.28. The summed E-state index contributed by atoms with van der Waals surface area (Å²) in [7, 11) is 0. The molecule has 0 saturated heterocycles. The molecule has 0 N–H and O–H groups in total. The number of para-hydroxylation sites is 1. The Bertz CT molecular complexity index is 514. The molecule has 1 aromatic heterocycles. The average molecular weight is 292 g/mol. The topological polar surface area (TPSA) is 39.2 Å². The number of pyridine rings is 1. The summed E-state index contributed by atoms with van der Waals surface area (Å²) in [6.07, 6.45) is 4.22. The number of aldehydes is 1. The molecule has 17 heavy (non-hydrogen) atoms. The van der Waals surface area contributed by atoms with E-state index in [-0.39, 0.29) is 0 Å². The van der Waals surface area contributed by atoms with Gasteiger partial charge in [0.2, 0.25) is 0 Å². The Morgan fingerprint density at radius 2 is 2.18 bits per heavy atom. The molecular formula is C13H10BrNO2. The van der Waals surface area contributed by atoms with Crippen molar-refractivity contribution in [2.24, 2.45) is 0 Å². The van der Waals surface area contributed by atoms with Crippen molar-refractivity contribution in [3.05, 3.63) is 58.3 Å². The lowest BCUT2D eigenvalue weighted by molar-refractivity contribution is 0.111. The highest BCUT2D eigenvalue weighted by molar-refractivity contribution is 9.10. The van der Waals surface area contributed by atoms with Gasteiger partial charge in [-0.25, -0.2) is 0 Å². The molecule has 1 heterocycles. The van der Waals surface area contributed by atoms with Crippen molar-refractivity contribution in [2.45, 2.75) is 6.61 Å². The predicted octanol–water partition coefficient (Wildman–Crippen LogP) is 3.24. The van der Waals surface area contributed by atoms with Crippen LogP contribution in [0.25, 0.3) is 0 Å². The van der Waals surface area contributed by atoms with Gasteiger partial charge in [0.25, 0.3) is 0 Å².